The van der Waals surface area contributed by atoms with Crippen molar-refractivity contribution in [2.45, 2.75) is 24.7 Å². The van der Waals surface area contributed by atoms with Crippen LogP contribution < -0.4 is 0 Å². The zero-order valence-electron chi connectivity index (χ0n) is 11.2. The third-order valence-electron chi connectivity index (χ3n) is 3.65. The molecule has 0 aromatic heterocycles. The fraction of sp³-hybridized carbons (Fsp3) is 0.429. The molecule has 6 heteroatoms. The molecule has 0 amide bonds. The highest BCUT2D eigenvalue weighted by molar-refractivity contribution is 7.89. The lowest BCUT2D eigenvalue weighted by Crippen LogP contribution is -2.40. The molecular weight excluding hydrogens is 276 g/mol. The number of piperidine rings is 1. The fourth-order valence-corrected chi connectivity index (χ4v) is 4.04. The number of nitriles is 1. The lowest BCUT2D eigenvalue weighted by atomic mass is 9.95. The van der Waals surface area contributed by atoms with Gasteiger partial charge in [-0.3, -0.25) is 4.79 Å². The average Bonchev–Trinajstić information content (AvgIpc) is 2.47. The smallest absolute Gasteiger partial charge is 0.244 e. The molecule has 106 valence electrons. The van der Waals surface area contributed by atoms with Gasteiger partial charge in [0.15, 0.2) is 0 Å². The SMILES string of the molecule is CC(=O)C1CCN(S(=O)(=O)c2ccccc2C#N)CC1. The standard InChI is InChI=1S/C14H16N2O3S/c1-11(17)12-6-8-16(9-7-12)20(18,19)14-5-3-2-4-13(14)10-15/h2-5,12H,6-9H2,1H3. The molecule has 1 aromatic rings. The first kappa shape index (κ1) is 14.7. The van der Waals surface area contributed by atoms with Gasteiger partial charge in [-0.1, -0.05) is 12.1 Å². The zero-order chi connectivity index (χ0) is 14.8. The molecule has 0 N–H and O–H groups in total. The molecule has 5 nitrogen and oxygen atoms in total. The molecule has 0 aliphatic carbocycles. The summed E-state index contributed by atoms with van der Waals surface area (Å²) in [5.74, 6) is 0.0622. The predicted molar refractivity (Wildman–Crippen MR) is 73.3 cm³/mol. The van der Waals surface area contributed by atoms with Crippen LogP contribution >= 0.6 is 0 Å². The minimum absolute atomic E-state index is 0.0452. The Bertz CT molecular complexity index is 653. The summed E-state index contributed by atoms with van der Waals surface area (Å²) >= 11 is 0. The van der Waals surface area contributed by atoms with E-state index in [1.807, 2.05) is 6.07 Å². The second-order valence-electron chi connectivity index (χ2n) is 4.90. The molecule has 1 aliphatic heterocycles. The minimum atomic E-state index is -3.65. The average molecular weight is 292 g/mol. The van der Waals surface area contributed by atoms with Crippen LogP contribution in [0.2, 0.25) is 0 Å². The highest BCUT2D eigenvalue weighted by Gasteiger charge is 2.32. The molecule has 0 atom stereocenters. The van der Waals surface area contributed by atoms with Gasteiger partial charge in [0, 0.05) is 19.0 Å². The molecule has 20 heavy (non-hydrogen) atoms. The summed E-state index contributed by atoms with van der Waals surface area (Å²) in [7, 11) is -3.65. The van der Waals surface area contributed by atoms with Gasteiger partial charge in [0.05, 0.1) is 10.5 Å². The van der Waals surface area contributed by atoms with E-state index in [4.69, 9.17) is 5.26 Å². The maximum atomic E-state index is 12.5. The van der Waals surface area contributed by atoms with Gasteiger partial charge >= 0.3 is 0 Å². The minimum Gasteiger partial charge on any atom is -0.300 e. The Balaban J connectivity index is 2.25. The molecule has 0 unspecified atom stereocenters. The number of rotatable bonds is 3. The second-order valence-corrected chi connectivity index (χ2v) is 6.80. The van der Waals surface area contributed by atoms with E-state index >= 15 is 0 Å². The van der Waals surface area contributed by atoms with Gasteiger partial charge in [-0.05, 0) is 31.9 Å². The van der Waals surface area contributed by atoms with Gasteiger partial charge in [-0.15, -0.1) is 0 Å². The van der Waals surface area contributed by atoms with Crippen molar-refractivity contribution in [3.63, 3.8) is 0 Å². The summed E-state index contributed by atoms with van der Waals surface area (Å²) in [5, 5.41) is 9.02. The zero-order valence-corrected chi connectivity index (χ0v) is 12.1. The van der Waals surface area contributed by atoms with Crippen LogP contribution in [-0.4, -0.2) is 31.6 Å². The van der Waals surface area contributed by atoms with E-state index < -0.39 is 10.0 Å². The summed E-state index contributed by atoms with van der Waals surface area (Å²) in [4.78, 5) is 11.4. The van der Waals surface area contributed by atoms with Crippen LogP contribution in [0.1, 0.15) is 25.3 Å². The molecule has 1 aliphatic rings. The normalized spacial score (nSPS) is 17.6. The van der Waals surface area contributed by atoms with Crippen LogP contribution in [0.4, 0.5) is 0 Å². The Morgan fingerprint density at radius 1 is 1.30 bits per heavy atom. The first-order valence-corrected chi connectivity index (χ1v) is 7.90. The molecular formula is C14H16N2O3S. The Labute approximate surface area is 118 Å². The van der Waals surface area contributed by atoms with Crippen LogP contribution in [0.25, 0.3) is 0 Å². The third kappa shape index (κ3) is 2.74. The van der Waals surface area contributed by atoms with E-state index in [0.29, 0.717) is 25.9 Å². The van der Waals surface area contributed by atoms with Gasteiger partial charge in [0.2, 0.25) is 10.0 Å². The second kappa shape index (κ2) is 5.73. The first-order valence-electron chi connectivity index (χ1n) is 6.46. The fourth-order valence-electron chi connectivity index (χ4n) is 2.43. The monoisotopic (exact) mass is 292 g/mol. The topological polar surface area (TPSA) is 78.2 Å². The molecule has 0 spiro atoms. The van der Waals surface area contributed by atoms with Crippen molar-refractivity contribution in [3.8, 4) is 6.07 Å². The van der Waals surface area contributed by atoms with Crippen LogP contribution in [-0.2, 0) is 14.8 Å². The Morgan fingerprint density at radius 3 is 2.45 bits per heavy atom. The van der Waals surface area contributed by atoms with Crippen molar-refractivity contribution in [2.24, 2.45) is 5.92 Å². The molecule has 1 heterocycles. The molecule has 2 rings (SSSR count). The number of nitrogens with zero attached hydrogens (tertiary/aromatic N) is 2. The highest BCUT2D eigenvalue weighted by atomic mass is 32.2. The summed E-state index contributed by atoms with van der Waals surface area (Å²) in [5.41, 5.74) is 0.154. The van der Waals surface area contributed by atoms with Crippen LogP contribution in [0.3, 0.4) is 0 Å². The van der Waals surface area contributed by atoms with E-state index in [1.165, 1.54) is 16.4 Å². The number of carbonyl (C=O) groups is 1. The number of ketones is 1. The van der Waals surface area contributed by atoms with Gasteiger partial charge in [0.1, 0.15) is 11.9 Å². The summed E-state index contributed by atoms with van der Waals surface area (Å²) in [6.07, 6.45) is 1.09. The number of sulfonamides is 1. The van der Waals surface area contributed by atoms with Crippen LogP contribution in [0, 0.1) is 17.2 Å². The van der Waals surface area contributed by atoms with Gasteiger partial charge in [-0.25, -0.2) is 8.42 Å². The number of carbonyl (C=O) groups excluding carboxylic acids is 1. The summed E-state index contributed by atoms with van der Waals surface area (Å²) < 4.78 is 26.4. The molecule has 0 radical (unpaired) electrons. The molecule has 1 aromatic carbocycles. The Hall–Kier alpha value is -1.71. The number of hydrogen-bond donors (Lipinski definition) is 0. The van der Waals surface area contributed by atoms with Crippen LogP contribution in [0.5, 0.6) is 0 Å². The van der Waals surface area contributed by atoms with E-state index in [1.54, 1.807) is 19.1 Å². The molecule has 0 saturated carbocycles. The van der Waals surface area contributed by atoms with Crippen molar-refractivity contribution in [2.75, 3.05) is 13.1 Å². The van der Waals surface area contributed by atoms with E-state index in [-0.39, 0.29) is 22.2 Å². The first-order chi connectivity index (χ1) is 9.46. The number of hydrogen-bond acceptors (Lipinski definition) is 4. The van der Waals surface area contributed by atoms with Gasteiger partial charge < -0.3 is 0 Å². The molecule has 1 fully saturated rings. The van der Waals surface area contributed by atoms with E-state index in [9.17, 15) is 13.2 Å². The lowest BCUT2D eigenvalue weighted by molar-refractivity contribution is -0.121. The quantitative estimate of drug-likeness (QED) is 0.846. The van der Waals surface area contributed by atoms with Crippen molar-refractivity contribution < 1.29 is 13.2 Å². The largest absolute Gasteiger partial charge is 0.300 e. The third-order valence-corrected chi connectivity index (χ3v) is 5.61. The maximum Gasteiger partial charge on any atom is 0.244 e. The number of Topliss-reactive ketones (excluding diaryl/α,β-unsaturated/α-hetero) is 1. The summed E-state index contributed by atoms with van der Waals surface area (Å²) in [6.45, 7) is 2.19. The van der Waals surface area contributed by atoms with Gasteiger partial charge in [-0.2, -0.15) is 9.57 Å². The maximum absolute atomic E-state index is 12.5. The van der Waals surface area contributed by atoms with Crippen LogP contribution in [0.15, 0.2) is 29.2 Å². The van der Waals surface area contributed by atoms with E-state index in [2.05, 4.69) is 0 Å². The van der Waals surface area contributed by atoms with Gasteiger partial charge in [0.25, 0.3) is 0 Å². The summed E-state index contributed by atoms with van der Waals surface area (Å²) in [6, 6.07) is 8.10. The Kier molecular flexibility index (Phi) is 4.21. The molecule has 1 saturated heterocycles. The number of benzene rings is 1. The van der Waals surface area contributed by atoms with Crippen molar-refractivity contribution in [1.29, 1.82) is 5.26 Å². The van der Waals surface area contributed by atoms with Crippen molar-refractivity contribution in [1.82, 2.24) is 4.31 Å². The Morgan fingerprint density at radius 2 is 1.90 bits per heavy atom. The van der Waals surface area contributed by atoms with Crippen molar-refractivity contribution >= 4 is 15.8 Å². The predicted octanol–water partition coefficient (Wildman–Crippen LogP) is 1.55. The lowest BCUT2D eigenvalue weighted by Gasteiger charge is -2.30. The van der Waals surface area contributed by atoms with Crippen molar-refractivity contribution in [3.05, 3.63) is 29.8 Å². The highest BCUT2D eigenvalue weighted by Crippen LogP contribution is 2.25. The van der Waals surface area contributed by atoms with E-state index in [0.717, 1.165) is 0 Å². The molecule has 0 bridgehead atoms.